The minimum Gasteiger partial charge on any atom is -0.294 e. The van der Waals surface area contributed by atoms with E-state index in [-0.39, 0.29) is 5.78 Å². The zero-order chi connectivity index (χ0) is 10.1. The van der Waals surface area contributed by atoms with Crippen LogP contribution in [0.3, 0.4) is 0 Å². The molecule has 0 saturated heterocycles. The Morgan fingerprint density at radius 2 is 1.93 bits per heavy atom. The second kappa shape index (κ2) is 3.26. The minimum absolute atomic E-state index is 0.126. The van der Waals surface area contributed by atoms with Gasteiger partial charge in [-0.1, -0.05) is 42.0 Å². The predicted octanol–water partition coefficient (Wildman–Crippen LogP) is 3.35. The van der Waals surface area contributed by atoms with Crippen LogP contribution in [-0.4, -0.2) is 5.78 Å². The molecular formula is C13H12O. The van der Waals surface area contributed by atoms with Crippen LogP contribution in [0.5, 0.6) is 0 Å². The van der Waals surface area contributed by atoms with Crippen molar-refractivity contribution in [2.75, 3.05) is 0 Å². The van der Waals surface area contributed by atoms with Gasteiger partial charge in [0, 0.05) is 5.56 Å². The van der Waals surface area contributed by atoms with Gasteiger partial charge in [-0.05, 0) is 24.6 Å². The molecule has 0 aliphatic rings. The van der Waals surface area contributed by atoms with Crippen LogP contribution in [0.15, 0.2) is 36.4 Å². The van der Waals surface area contributed by atoms with Crippen LogP contribution < -0.4 is 0 Å². The minimum atomic E-state index is 0.126. The lowest BCUT2D eigenvalue weighted by Gasteiger charge is -2.03. The standard InChI is InChI=1S/C13H12O/c1-9-6-7-11-4-3-5-12(10(2)14)13(11)8-9/h3-8H,1-2H3. The maximum Gasteiger partial charge on any atom is 0.160 e. The molecule has 0 spiro atoms. The second-order valence-corrected chi connectivity index (χ2v) is 3.59. The van der Waals surface area contributed by atoms with Gasteiger partial charge in [0.1, 0.15) is 0 Å². The molecule has 0 aliphatic carbocycles. The van der Waals surface area contributed by atoms with Crippen LogP contribution in [0.1, 0.15) is 22.8 Å². The van der Waals surface area contributed by atoms with Gasteiger partial charge in [0.05, 0.1) is 0 Å². The summed E-state index contributed by atoms with van der Waals surface area (Å²) in [5.41, 5.74) is 2.00. The molecule has 70 valence electrons. The monoisotopic (exact) mass is 184 g/mol. The van der Waals surface area contributed by atoms with Gasteiger partial charge in [-0.25, -0.2) is 0 Å². The lowest BCUT2D eigenvalue weighted by Crippen LogP contribution is -1.93. The molecule has 0 saturated carbocycles. The molecule has 0 N–H and O–H groups in total. The number of Topliss-reactive ketones (excluding diaryl/α,β-unsaturated/α-hetero) is 1. The van der Waals surface area contributed by atoms with Crippen molar-refractivity contribution in [1.82, 2.24) is 0 Å². The van der Waals surface area contributed by atoms with Gasteiger partial charge in [-0.2, -0.15) is 0 Å². The average Bonchev–Trinajstić information content (AvgIpc) is 2.16. The van der Waals surface area contributed by atoms with Crippen molar-refractivity contribution < 1.29 is 4.79 Å². The first-order valence-electron chi connectivity index (χ1n) is 4.69. The Morgan fingerprint density at radius 1 is 1.14 bits per heavy atom. The van der Waals surface area contributed by atoms with Gasteiger partial charge >= 0.3 is 0 Å². The number of hydrogen-bond acceptors (Lipinski definition) is 1. The van der Waals surface area contributed by atoms with Gasteiger partial charge in [0.15, 0.2) is 5.78 Å². The Labute approximate surface area is 83.4 Å². The van der Waals surface area contributed by atoms with Crippen molar-refractivity contribution in [3.63, 3.8) is 0 Å². The number of carbonyl (C=O) groups is 1. The highest BCUT2D eigenvalue weighted by molar-refractivity contribution is 6.07. The smallest absolute Gasteiger partial charge is 0.160 e. The third-order valence-electron chi connectivity index (χ3n) is 2.42. The van der Waals surface area contributed by atoms with E-state index in [9.17, 15) is 4.79 Å². The first-order valence-corrected chi connectivity index (χ1v) is 4.69. The van der Waals surface area contributed by atoms with E-state index >= 15 is 0 Å². The third-order valence-corrected chi connectivity index (χ3v) is 2.42. The van der Waals surface area contributed by atoms with Crippen molar-refractivity contribution in [2.24, 2.45) is 0 Å². The van der Waals surface area contributed by atoms with E-state index in [2.05, 4.69) is 18.2 Å². The van der Waals surface area contributed by atoms with E-state index in [1.165, 1.54) is 5.56 Å². The normalized spacial score (nSPS) is 10.4. The molecule has 0 atom stereocenters. The SMILES string of the molecule is CC(=O)c1cccc2ccc(C)cc12. The van der Waals surface area contributed by atoms with Gasteiger partial charge in [0.25, 0.3) is 0 Å². The highest BCUT2D eigenvalue weighted by Crippen LogP contribution is 2.20. The number of ketones is 1. The van der Waals surface area contributed by atoms with E-state index in [1.807, 2.05) is 25.1 Å². The van der Waals surface area contributed by atoms with Gasteiger partial charge in [-0.3, -0.25) is 4.79 Å². The fourth-order valence-electron chi connectivity index (χ4n) is 1.69. The second-order valence-electron chi connectivity index (χ2n) is 3.59. The summed E-state index contributed by atoms with van der Waals surface area (Å²) >= 11 is 0. The maximum atomic E-state index is 11.4. The van der Waals surface area contributed by atoms with Crippen LogP contribution in [0, 0.1) is 6.92 Å². The van der Waals surface area contributed by atoms with Crippen molar-refractivity contribution in [3.05, 3.63) is 47.5 Å². The Bertz CT molecular complexity index is 498. The molecule has 0 bridgehead atoms. The molecule has 0 aliphatic heterocycles. The molecule has 14 heavy (non-hydrogen) atoms. The third kappa shape index (κ3) is 1.41. The maximum absolute atomic E-state index is 11.4. The lowest BCUT2D eigenvalue weighted by molar-refractivity contribution is 0.101. The molecule has 0 unspecified atom stereocenters. The topological polar surface area (TPSA) is 17.1 Å². The molecule has 0 amide bonds. The van der Waals surface area contributed by atoms with E-state index in [0.29, 0.717) is 0 Å². The molecule has 2 aromatic rings. The number of aryl methyl sites for hydroxylation is 1. The van der Waals surface area contributed by atoms with Crippen LogP contribution in [-0.2, 0) is 0 Å². The van der Waals surface area contributed by atoms with Crippen molar-refractivity contribution in [2.45, 2.75) is 13.8 Å². The average molecular weight is 184 g/mol. The van der Waals surface area contributed by atoms with Crippen molar-refractivity contribution in [1.29, 1.82) is 0 Å². The zero-order valence-electron chi connectivity index (χ0n) is 8.37. The number of fused-ring (bicyclic) bond motifs is 1. The first kappa shape index (κ1) is 8.95. The molecule has 2 aromatic carbocycles. The summed E-state index contributed by atoms with van der Waals surface area (Å²) in [6.45, 7) is 3.65. The molecule has 1 nitrogen and oxygen atoms in total. The van der Waals surface area contributed by atoms with Gasteiger partial charge in [0.2, 0.25) is 0 Å². The Morgan fingerprint density at radius 3 is 2.64 bits per heavy atom. The molecule has 2 rings (SSSR count). The predicted molar refractivity (Wildman–Crippen MR) is 58.7 cm³/mol. The summed E-state index contributed by atoms with van der Waals surface area (Å²) in [5, 5.41) is 2.18. The summed E-state index contributed by atoms with van der Waals surface area (Å²) in [5.74, 6) is 0.126. The van der Waals surface area contributed by atoms with Crippen LogP contribution in [0.25, 0.3) is 10.8 Å². The van der Waals surface area contributed by atoms with Gasteiger partial charge in [-0.15, -0.1) is 0 Å². The zero-order valence-corrected chi connectivity index (χ0v) is 8.37. The molecule has 0 radical (unpaired) electrons. The van der Waals surface area contributed by atoms with Crippen molar-refractivity contribution in [3.8, 4) is 0 Å². The Balaban J connectivity index is 2.84. The summed E-state index contributed by atoms with van der Waals surface area (Å²) < 4.78 is 0. The molecule has 0 aromatic heterocycles. The summed E-state index contributed by atoms with van der Waals surface area (Å²) in [6, 6.07) is 12.0. The highest BCUT2D eigenvalue weighted by Gasteiger charge is 2.04. The Hall–Kier alpha value is -1.63. The first-order chi connectivity index (χ1) is 6.68. The molecule has 0 fully saturated rings. The summed E-state index contributed by atoms with van der Waals surface area (Å²) in [7, 11) is 0. The number of rotatable bonds is 1. The largest absolute Gasteiger partial charge is 0.294 e. The highest BCUT2D eigenvalue weighted by atomic mass is 16.1. The Kier molecular flexibility index (Phi) is 2.08. The summed E-state index contributed by atoms with van der Waals surface area (Å²) in [4.78, 5) is 11.4. The van der Waals surface area contributed by atoms with E-state index in [1.54, 1.807) is 6.92 Å². The molecular weight excluding hydrogens is 172 g/mol. The number of hydrogen-bond donors (Lipinski definition) is 0. The number of benzene rings is 2. The molecule has 0 heterocycles. The quantitative estimate of drug-likeness (QED) is 0.621. The van der Waals surface area contributed by atoms with Gasteiger partial charge < -0.3 is 0 Å². The van der Waals surface area contributed by atoms with Crippen LogP contribution >= 0.6 is 0 Å². The van der Waals surface area contributed by atoms with Crippen LogP contribution in [0.4, 0.5) is 0 Å². The number of carbonyl (C=O) groups excluding carboxylic acids is 1. The fraction of sp³-hybridized carbons (Fsp3) is 0.154. The van der Waals surface area contributed by atoms with Crippen LogP contribution in [0.2, 0.25) is 0 Å². The fourth-order valence-corrected chi connectivity index (χ4v) is 1.69. The summed E-state index contributed by atoms with van der Waals surface area (Å²) in [6.07, 6.45) is 0. The van der Waals surface area contributed by atoms with E-state index in [0.717, 1.165) is 16.3 Å². The van der Waals surface area contributed by atoms with E-state index < -0.39 is 0 Å². The molecule has 1 heteroatoms. The van der Waals surface area contributed by atoms with Crippen molar-refractivity contribution >= 4 is 16.6 Å². The van der Waals surface area contributed by atoms with E-state index in [4.69, 9.17) is 0 Å². The lowest BCUT2D eigenvalue weighted by atomic mass is 10.0.